The van der Waals surface area contributed by atoms with Crippen LogP contribution >= 0.6 is 0 Å². The maximum absolute atomic E-state index is 5.67. The van der Waals surface area contributed by atoms with Crippen LogP contribution in [0.3, 0.4) is 0 Å². The Balaban J connectivity index is 2.39. The molecule has 0 aromatic heterocycles. The molecule has 0 aromatic carbocycles. The third-order valence-corrected chi connectivity index (χ3v) is 1.94. The molecule has 2 rings (SSSR count). The lowest BCUT2D eigenvalue weighted by molar-refractivity contribution is 0.842. The van der Waals surface area contributed by atoms with Crippen molar-refractivity contribution in [3.63, 3.8) is 0 Å². The maximum atomic E-state index is 5.67. The Morgan fingerprint density at radius 2 is 2.44 bits per heavy atom. The van der Waals surface area contributed by atoms with E-state index >= 15 is 0 Å². The molecule has 0 amide bonds. The van der Waals surface area contributed by atoms with Crippen LogP contribution in [0.5, 0.6) is 0 Å². The van der Waals surface area contributed by atoms with E-state index in [-0.39, 0.29) is 0 Å². The van der Waals surface area contributed by atoms with Gasteiger partial charge in [0, 0.05) is 11.6 Å². The van der Waals surface area contributed by atoms with E-state index in [1.54, 1.807) is 0 Å². The van der Waals surface area contributed by atoms with Crippen molar-refractivity contribution in [3.8, 4) is 0 Å². The summed E-state index contributed by atoms with van der Waals surface area (Å²) in [5, 5.41) is 0. The van der Waals surface area contributed by atoms with Crippen molar-refractivity contribution < 1.29 is 0 Å². The van der Waals surface area contributed by atoms with Crippen molar-refractivity contribution in [1.82, 2.24) is 0 Å². The van der Waals surface area contributed by atoms with Gasteiger partial charge in [-0.2, -0.15) is 0 Å². The van der Waals surface area contributed by atoms with Crippen molar-refractivity contribution in [1.29, 1.82) is 0 Å². The highest BCUT2D eigenvalue weighted by Crippen LogP contribution is 2.32. The highest BCUT2D eigenvalue weighted by molar-refractivity contribution is 5.45. The number of hydrogen-bond donors (Lipinski definition) is 1. The van der Waals surface area contributed by atoms with Gasteiger partial charge in [-0.25, -0.2) is 0 Å². The van der Waals surface area contributed by atoms with Gasteiger partial charge in [-0.15, -0.1) is 0 Å². The molecule has 0 saturated heterocycles. The molecule has 2 N–H and O–H groups in total. The Morgan fingerprint density at radius 3 is 3.22 bits per heavy atom. The number of rotatable bonds is 0. The molecule has 2 aliphatic carbocycles. The fourth-order valence-corrected chi connectivity index (χ4v) is 1.41. The minimum atomic E-state index is 0.616. The first kappa shape index (κ1) is 4.86. The molecule has 0 fully saturated rings. The molecule has 9 heavy (non-hydrogen) atoms. The Bertz CT molecular complexity index is 221. The van der Waals surface area contributed by atoms with Crippen LogP contribution in [-0.4, -0.2) is 0 Å². The topological polar surface area (TPSA) is 26.0 Å². The molecule has 1 nitrogen and oxygen atoms in total. The van der Waals surface area contributed by atoms with E-state index in [2.05, 4.69) is 24.3 Å². The third kappa shape index (κ3) is 0.545. The minimum absolute atomic E-state index is 0.616. The van der Waals surface area contributed by atoms with Crippen LogP contribution < -0.4 is 5.73 Å². The van der Waals surface area contributed by atoms with E-state index < -0.39 is 0 Å². The summed E-state index contributed by atoms with van der Waals surface area (Å²) in [6.07, 6.45) is 9.59. The molecule has 0 saturated carbocycles. The van der Waals surface area contributed by atoms with Crippen molar-refractivity contribution >= 4 is 0 Å². The summed E-state index contributed by atoms with van der Waals surface area (Å²) in [7, 11) is 0. The predicted octanol–water partition coefficient (Wildman–Crippen LogP) is 1.35. The summed E-state index contributed by atoms with van der Waals surface area (Å²) in [6.45, 7) is 0. The van der Waals surface area contributed by atoms with E-state index in [1.165, 1.54) is 5.57 Å². The largest absolute Gasteiger partial charge is 0.399 e. The second kappa shape index (κ2) is 1.50. The standard InChI is InChI=1S/C8H9N/c9-8-5-4-6-2-1-3-7(6)8/h1-3,5-6H,4,9H2. The molecule has 1 heteroatoms. The van der Waals surface area contributed by atoms with Crippen LogP contribution in [0, 0.1) is 5.92 Å². The zero-order valence-electron chi connectivity index (χ0n) is 5.17. The van der Waals surface area contributed by atoms with Gasteiger partial charge >= 0.3 is 0 Å². The van der Waals surface area contributed by atoms with Gasteiger partial charge in [-0.1, -0.05) is 24.3 Å². The van der Waals surface area contributed by atoms with Crippen molar-refractivity contribution in [2.75, 3.05) is 0 Å². The van der Waals surface area contributed by atoms with Gasteiger partial charge in [0.1, 0.15) is 0 Å². The lowest BCUT2D eigenvalue weighted by atomic mass is 10.1. The van der Waals surface area contributed by atoms with Crippen LogP contribution in [0.25, 0.3) is 0 Å². The molecule has 0 aromatic rings. The summed E-state index contributed by atoms with van der Waals surface area (Å²) in [4.78, 5) is 0. The minimum Gasteiger partial charge on any atom is -0.399 e. The highest BCUT2D eigenvalue weighted by atomic mass is 14.6. The van der Waals surface area contributed by atoms with Crippen molar-refractivity contribution in [2.45, 2.75) is 6.42 Å². The lowest BCUT2D eigenvalue weighted by Gasteiger charge is -2.00. The van der Waals surface area contributed by atoms with Crippen LogP contribution in [0.4, 0.5) is 0 Å². The molecule has 0 aliphatic heterocycles. The van der Waals surface area contributed by atoms with Crippen molar-refractivity contribution in [2.24, 2.45) is 11.7 Å². The van der Waals surface area contributed by atoms with Gasteiger partial charge in [-0.05, 0) is 12.0 Å². The predicted molar refractivity (Wildman–Crippen MR) is 37.6 cm³/mol. The fraction of sp³-hybridized carbons (Fsp3) is 0.250. The number of fused-ring (bicyclic) bond motifs is 1. The summed E-state index contributed by atoms with van der Waals surface area (Å²) in [6, 6.07) is 0. The van der Waals surface area contributed by atoms with Gasteiger partial charge in [0.15, 0.2) is 0 Å². The van der Waals surface area contributed by atoms with Crippen LogP contribution in [-0.2, 0) is 0 Å². The smallest absolute Gasteiger partial charge is 0.0312 e. The maximum Gasteiger partial charge on any atom is 0.0312 e. The first-order valence-corrected chi connectivity index (χ1v) is 3.22. The fourth-order valence-electron chi connectivity index (χ4n) is 1.41. The Kier molecular flexibility index (Phi) is 0.810. The van der Waals surface area contributed by atoms with Gasteiger partial charge in [0.25, 0.3) is 0 Å². The molecular formula is C8H9N. The second-order valence-corrected chi connectivity index (χ2v) is 2.51. The van der Waals surface area contributed by atoms with Crippen LogP contribution in [0.1, 0.15) is 6.42 Å². The monoisotopic (exact) mass is 119 g/mol. The van der Waals surface area contributed by atoms with E-state index in [0.717, 1.165) is 12.1 Å². The Hall–Kier alpha value is -0.980. The van der Waals surface area contributed by atoms with E-state index in [1.807, 2.05) is 0 Å². The zero-order chi connectivity index (χ0) is 6.27. The molecule has 0 bridgehead atoms. The molecular weight excluding hydrogens is 110 g/mol. The summed E-state index contributed by atoms with van der Waals surface area (Å²) in [5.41, 5.74) is 7.96. The molecule has 2 aliphatic rings. The van der Waals surface area contributed by atoms with E-state index in [9.17, 15) is 0 Å². The third-order valence-electron chi connectivity index (χ3n) is 1.94. The number of allylic oxidation sites excluding steroid dienone is 5. The molecule has 46 valence electrons. The SMILES string of the molecule is NC1=CCC2C=CC=C12. The van der Waals surface area contributed by atoms with Gasteiger partial charge in [-0.3, -0.25) is 0 Å². The zero-order valence-corrected chi connectivity index (χ0v) is 5.17. The number of hydrogen-bond acceptors (Lipinski definition) is 1. The molecule has 1 unspecified atom stereocenters. The average Bonchev–Trinajstić information content (AvgIpc) is 2.35. The first-order chi connectivity index (χ1) is 4.38. The summed E-state index contributed by atoms with van der Waals surface area (Å²) >= 11 is 0. The highest BCUT2D eigenvalue weighted by Gasteiger charge is 2.20. The quantitative estimate of drug-likeness (QED) is 0.511. The molecule has 0 radical (unpaired) electrons. The van der Waals surface area contributed by atoms with Crippen LogP contribution in [0.15, 0.2) is 35.6 Å². The summed E-state index contributed by atoms with van der Waals surface area (Å²) < 4.78 is 0. The van der Waals surface area contributed by atoms with Gasteiger partial charge < -0.3 is 5.73 Å². The van der Waals surface area contributed by atoms with Gasteiger partial charge in [0.2, 0.25) is 0 Å². The summed E-state index contributed by atoms with van der Waals surface area (Å²) in [5.74, 6) is 0.616. The first-order valence-electron chi connectivity index (χ1n) is 3.22. The van der Waals surface area contributed by atoms with Gasteiger partial charge in [0.05, 0.1) is 0 Å². The molecule has 1 atom stereocenters. The Labute approximate surface area is 54.6 Å². The molecule has 0 heterocycles. The second-order valence-electron chi connectivity index (χ2n) is 2.51. The van der Waals surface area contributed by atoms with E-state index in [0.29, 0.717) is 5.92 Å². The Morgan fingerprint density at radius 1 is 1.56 bits per heavy atom. The normalized spacial score (nSPS) is 30.0. The molecule has 0 spiro atoms. The van der Waals surface area contributed by atoms with Crippen LogP contribution in [0.2, 0.25) is 0 Å². The number of nitrogens with two attached hydrogens (primary N) is 1. The van der Waals surface area contributed by atoms with E-state index in [4.69, 9.17) is 5.73 Å². The average molecular weight is 119 g/mol. The lowest BCUT2D eigenvalue weighted by Crippen LogP contribution is -1.98. The van der Waals surface area contributed by atoms with Crippen molar-refractivity contribution in [3.05, 3.63) is 35.6 Å².